The van der Waals surface area contributed by atoms with Gasteiger partial charge in [-0.25, -0.2) is 4.98 Å². The van der Waals surface area contributed by atoms with Gasteiger partial charge in [0.2, 0.25) is 0 Å². The lowest BCUT2D eigenvalue weighted by molar-refractivity contribution is 0.333. The van der Waals surface area contributed by atoms with E-state index in [1.54, 1.807) is 0 Å². The van der Waals surface area contributed by atoms with E-state index >= 15 is 0 Å². The second kappa shape index (κ2) is 8.04. The van der Waals surface area contributed by atoms with Crippen molar-refractivity contribution in [2.75, 3.05) is 18.5 Å². The summed E-state index contributed by atoms with van der Waals surface area (Å²) < 4.78 is 5.71. The Morgan fingerprint density at radius 1 is 0.926 bits per heavy atom. The molecule has 3 aromatic rings. The van der Waals surface area contributed by atoms with Crippen LogP contribution in [0.25, 0.3) is 0 Å². The van der Waals surface area contributed by atoms with Gasteiger partial charge in [0.05, 0.1) is 12.2 Å². The Morgan fingerprint density at radius 3 is 2.44 bits per heavy atom. The van der Waals surface area contributed by atoms with Gasteiger partial charge >= 0.3 is 0 Å². The molecule has 1 unspecified atom stereocenters. The largest absolute Gasteiger partial charge is 0.492 e. The third kappa shape index (κ3) is 4.17. The van der Waals surface area contributed by atoms with Crippen molar-refractivity contribution >= 4 is 11.5 Å². The zero-order valence-corrected chi connectivity index (χ0v) is 15.2. The summed E-state index contributed by atoms with van der Waals surface area (Å²) in [7, 11) is 0. The first-order valence-electron chi connectivity index (χ1n) is 9.34. The van der Waals surface area contributed by atoms with E-state index in [4.69, 9.17) is 15.1 Å². The molecule has 2 N–H and O–H groups in total. The highest BCUT2D eigenvalue weighted by Crippen LogP contribution is 2.32. The Labute approximate surface area is 159 Å². The van der Waals surface area contributed by atoms with Crippen molar-refractivity contribution < 1.29 is 4.74 Å². The first kappa shape index (κ1) is 17.3. The van der Waals surface area contributed by atoms with Gasteiger partial charge in [0.15, 0.2) is 0 Å². The number of hydrogen-bond acceptors (Lipinski definition) is 4. The topological polar surface area (TPSA) is 58.0 Å². The van der Waals surface area contributed by atoms with Crippen molar-refractivity contribution in [3.05, 3.63) is 89.6 Å². The zero-order chi connectivity index (χ0) is 18.5. The summed E-state index contributed by atoms with van der Waals surface area (Å²) >= 11 is 0. The summed E-state index contributed by atoms with van der Waals surface area (Å²) in [5, 5.41) is 11.7. The van der Waals surface area contributed by atoms with E-state index in [1.807, 2.05) is 48.5 Å². The zero-order valence-electron chi connectivity index (χ0n) is 15.2. The van der Waals surface area contributed by atoms with Gasteiger partial charge in [-0.15, -0.1) is 0 Å². The van der Waals surface area contributed by atoms with Crippen molar-refractivity contribution in [2.24, 2.45) is 0 Å². The molecule has 1 aliphatic rings. The molecule has 0 bridgehead atoms. The van der Waals surface area contributed by atoms with Crippen molar-refractivity contribution in [2.45, 2.75) is 18.8 Å². The molecule has 0 fully saturated rings. The SMILES string of the molecule is N=C1CC(c2ccccc2)Cc2nc(NCCOc3ccccc3)ccc21. The van der Waals surface area contributed by atoms with Gasteiger partial charge in [0, 0.05) is 11.3 Å². The molecule has 2 aromatic carbocycles. The van der Waals surface area contributed by atoms with Crippen LogP contribution in [0.5, 0.6) is 5.75 Å². The Balaban J connectivity index is 1.40. The fourth-order valence-corrected chi connectivity index (χ4v) is 3.52. The molecule has 4 nitrogen and oxygen atoms in total. The number of nitrogens with one attached hydrogen (secondary N) is 2. The highest BCUT2D eigenvalue weighted by Gasteiger charge is 2.25. The minimum absolute atomic E-state index is 0.329. The van der Waals surface area contributed by atoms with Crippen molar-refractivity contribution in [1.82, 2.24) is 4.98 Å². The van der Waals surface area contributed by atoms with Crippen molar-refractivity contribution in [1.29, 1.82) is 5.41 Å². The Kier molecular flexibility index (Phi) is 5.15. The first-order valence-corrected chi connectivity index (χ1v) is 9.34. The Hall–Kier alpha value is -3.14. The highest BCUT2D eigenvalue weighted by atomic mass is 16.5. The van der Waals surface area contributed by atoms with Crippen LogP contribution in [0.1, 0.15) is 29.2 Å². The van der Waals surface area contributed by atoms with Gasteiger partial charge in [-0.1, -0.05) is 48.5 Å². The highest BCUT2D eigenvalue weighted by molar-refractivity contribution is 6.00. The van der Waals surface area contributed by atoms with Gasteiger partial charge in [-0.2, -0.15) is 0 Å². The van der Waals surface area contributed by atoms with E-state index < -0.39 is 0 Å². The van der Waals surface area contributed by atoms with E-state index in [2.05, 4.69) is 29.6 Å². The summed E-state index contributed by atoms with van der Waals surface area (Å²) in [6.45, 7) is 1.26. The molecule has 4 rings (SSSR count). The molecule has 27 heavy (non-hydrogen) atoms. The molecule has 1 atom stereocenters. The maximum absolute atomic E-state index is 8.40. The number of aromatic nitrogens is 1. The number of anilines is 1. The fourth-order valence-electron chi connectivity index (χ4n) is 3.52. The molecule has 0 saturated heterocycles. The number of fused-ring (bicyclic) bond motifs is 1. The number of para-hydroxylation sites is 1. The molecule has 0 amide bonds. The number of hydrogen-bond donors (Lipinski definition) is 2. The third-order valence-corrected chi connectivity index (χ3v) is 4.88. The van der Waals surface area contributed by atoms with Crippen LogP contribution >= 0.6 is 0 Å². The quantitative estimate of drug-likeness (QED) is 0.630. The van der Waals surface area contributed by atoms with Gasteiger partial charge in [0.25, 0.3) is 0 Å². The number of pyridine rings is 1. The van der Waals surface area contributed by atoms with Crippen LogP contribution in [-0.4, -0.2) is 23.8 Å². The van der Waals surface area contributed by atoms with Crippen LogP contribution < -0.4 is 10.1 Å². The van der Waals surface area contributed by atoms with Gasteiger partial charge < -0.3 is 15.5 Å². The van der Waals surface area contributed by atoms with E-state index in [0.717, 1.165) is 35.7 Å². The lowest BCUT2D eigenvalue weighted by Gasteiger charge is -2.25. The predicted molar refractivity (Wildman–Crippen MR) is 109 cm³/mol. The molecule has 136 valence electrons. The Morgan fingerprint density at radius 2 is 1.67 bits per heavy atom. The molecular formula is C23H23N3O. The average molecular weight is 357 g/mol. The molecule has 0 spiro atoms. The monoisotopic (exact) mass is 357 g/mol. The van der Waals surface area contributed by atoms with Crippen LogP contribution in [0, 0.1) is 5.41 Å². The molecule has 1 aliphatic carbocycles. The Bertz CT molecular complexity index is 909. The molecule has 4 heteroatoms. The minimum atomic E-state index is 0.329. The predicted octanol–water partition coefficient (Wildman–Crippen LogP) is 4.67. The molecule has 1 heterocycles. The maximum Gasteiger partial charge on any atom is 0.126 e. The second-order valence-corrected chi connectivity index (χ2v) is 6.77. The number of nitrogens with zero attached hydrogens (tertiary/aromatic N) is 1. The van der Waals surface area contributed by atoms with Crippen LogP contribution in [0.2, 0.25) is 0 Å². The summed E-state index contributed by atoms with van der Waals surface area (Å²) in [5.41, 5.74) is 3.95. The number of benzene rings is 2. The van der Waals surface area contributed by atoms with Crippen molar-refractivity contribution in [3.63, 3.8) is 0 Å². The molecule has 0 aliphatic heterocycles. The van der Waals surface area contributed by atoms with Crippen molar-refractivity contribution in [3.8, 4) is 5.75 Å². The molecule has 0 saturated carbocycles. The summed E-state index contributed by atoms with van der Waals surface area (Å²) in [5.74, 6) is 2.04. The lowest BCUT2D eigenvalue weighted by Crippen LogP contribution is -2.21. The molecular weight excluding hydrogens is 334 g/mol. The maximum atomic E-state index is 8.40. The first-order chi connectivity index (χ1) is 13.3. The van der Waals surface area contributed by atoms with Crippen LogP contribution in [0.15, 0.2) is 72.8 Å². The van der Waals surface area contributed by atoms with Crippen LogP contribution in [0.3, 0.4) is 0 Å². The molecule has 1 aromatic heterocycles. The third-order valence-electron chi connectivity index (χ3n) is 4.88. The number of rotatable bonds is 6. The van der Waals surface area contributed by atoms with Gasteiger partial charge in [-0.05, 0) is 48.6 Å². The van der Waals surface area contributed by atoms with Crippen LogP contribution in [0.4, 0.5) is 5.82 Å². The minimum Gasteiger partial charge on any atom is -0.492 e. The van der Waals surface area contributed by atoms with Crippen LogP contribution in [-0.2, 0) is 6.42 Å². The standard InChI is InChI=1S/C23H23N3O/c24-21-15-18(17-7-3-1-4-8-17)16-22-20(21)11-12-23(26-22)25-13-14-27-19-9-5-2-6-10-19/h1-12,18,24H,13-16H2,(H,25,26). The smallest absolute Gasteiger partial charge is 0.126 e. The lowest BCUT2D eigenvalue weighted by atomic mass is 9.81. The fraction of sp³-hybridized carbons (Fsp3) is 0.217. The summed E-state index contributed by atoms with van der Waals surface area (Å²) in [6, 6.07) is 24.2. The van der Waals surface area contributed by atoms with E-state index in [0.29, 0.717) is 24.8 Å². The van der Waals surface area contributed by atoms with Gasteiger partial charge in [0.1, 0.15) is 18.2 Å². The van der Waals surface area contributed by atoms with Gasteiger partial charge in [-0.3, -0.25) is 0 Å². The summed E-state index contributed by atoms with van der Waals surface area (Å²) in [4.78, 5) is 4.78. The normalized spacial score (nSPS) is 15.9. The molecule has 0 radical (unpaired) electrons. The van der Waals surface area contributed by atoms with E-state index in [-0.39, 0.29) is 0 Å². The average Bonchev–Trinajstić information content (AvgIpc) is 2.72. The van der Waals surface area contributed by atoms with E-state index in [9.17, 15) is 0 Å². The summed E-state index contributed by atoms with van der Waals surface area (Å²) in [6.07, 6.45) is 1.65. The second-order valence-electron chi connectivity index (χ2n) is 6.77. The van der Waals surface area contributed by atoms with E-state index in [1.165, 1.54) is 5.56 Å². The number of ether oxygens (including phenoxy) is 1.